The Balaban J connectivity index is 1.75. The van der Waals surface area contributed by atoms with Crippen LogP contribution in [-0.2, 0) is 9.59 Å². The molecule has 2 aromatic rings. The van der Waals surface area contributed by atoms with E-state index in [-0.39, 0.29) is 4.91 Å². The molecule has 7 nitrogen and oxygen atoms in total. The van der Waals surface area contributed by atoms with Crippen LogP contribution in [0.4, 0.5) is 14.9 Å². The molecule has 1 aliphatic heterocycles. The molecule has 0 aromatic heterocycles. The van der Waals surface area contributed by atoms with Gasteiger partial charge in [0.1, 0.15) is 23.9 Å². The Morgan fingerprint density at radius 2 is 1.86 bits per heavy atom. The van der Waals surface area contributed by atoms with Gasteiger partial charge in [-0.3, -0.25) is 19.3 Å². The predicted molar refractivity (Wildman–Crippen MR) is 107 cm³/mol. The summed E-state index contributed by atoms with van der Waals surface area (Å²) in [5, 5.41) is 1.96. The lowest BCUT2D eigenvalue weighted by Gasteiger charge is -2.12. The van der Waals surface area contributed by atoms with Crippen LogP contribution in [0.2, 0.25) is 0 Å². The van der Waals surface area contributed by atoms with Crippen LogP contribution in [0.25, 0.3) is 6.08 Å². The number of amides is 3. The van der Waals surface area contributed by atoms with Crippen LogP contribution in [0.3, 0.4) is 0 Å². The van der Waals surface area contributed by atoms with E-state index in [9.17, 15) is 18.8 Å². The molecule has 150 valence electrons. The lowest BCUT2D eigenvalue weighted by Crippen LogP contribution is -2.36. The third-order valence-electron chi connectivity index (χ3n) is 4.03. The quantitative estimate of drug-likeness (QED) is 0.726. The second kappa shape index (κ2) is 8.78. The Hall–Kier alpha value is -3.33. The second-order valence-corrected chi connectivity index (χ2v) is 6.92. The summed E-state index contributed by atoms with van der Waals surface area (Å²) >= 11 is 0.732. The monoisotopic (exact) mass is 416 g/mol. The number of benzene rings is 2. The molecule has 1 N–H and O–H groups in total. The van der Waals surface area contributed by atoms with Crippen molar-refractivity contribution in [3.05, 3.63) is 58.8 Å². The van der Waals surface area contributed by atoms with Gasteiger partial charge in [-0.25, -0.2) is 4.39 Å². The van der Waals surface area contributed by atoms with E-state index >= 15 is 0 Å². The third kappa shape index (κ3) is 4.75. The first-order valence-electron chi connectivity index (χ1n) is 8.44. The maximum atomic E-state index is 12.9. The van der Waals surface area contributed by atoms with Crippen LogP contribution in [-0.4, -0.2) is 42.7 Å². The smallest absolute Gasteiger partial charge is 0.294 e. The second-order valence-electron chi connectivity index (χ2n) is 5.93. The molecular formula is C20H17FN2O5S. The van der Waals surface area contributed by atoms with E-state index in [1.165, 1.54) is 44.6 Å². The predicted octanol–water partition coefficient (Wildman–Crippen LogP) is 3.52. The molecule has 1 aliphatic rings. The zero-order valence-corrected chi connectivity index (χ0v) is 16.4. The molecule has 3 amide bonds. The zero-order chi connectivity index (χ0) is 21.0. The van der Waals surface area contributed by atoms with Gasteiger partial charge in [-0.05, 0) is 60.3 Å². The van der Waals surface area contributed by atoms with E-state index in [1.54, 1.807) is 18.2 Å². The molecular weight excluding hydrogens is 399 g/mol. The first kappa shape index (κ1) is 20.4. The third-order valence-corrected chi connectivity index (χ3v) is 4.93. The maximum absolute atomic E-state index is 12.9. The van der Waals surface area contributed by atoms with Gasteiger partial charge in [0.15, 0.2) is 0 Å². The Morgan fingerprint density at radius 1 is 1.14 bits per heavy atom. The fourth-order valence-electron chi connectivity index (χ4n) is 2.61. The van der Waals surface area contributed by atoms with Crippen molar-refractivity contribution in [2.24, 2.45) is 0 Å². The lowest BCUT2D eigenvalue weighted by molar-refractivity contribution is -0.127. The number of methoxy groups -OCH3 is 2. The number of nitrogens with zero attached hydrogens (tertiary/aromatic N) is 1. The number of rotatable bonds is 6. The first-order valence-corrected chi connectivity index (χ1v) is 9.25. The summed E-state index contributed by atoms with van der Waals surface area (Å²) in [6, 6.07) is 10.2. The van der Waals surface area contributed by atoms with Gasteiger partial charge in [0.2, 0.25) is 5.91 Å². The van der Waals surface area contributed by atoms with Crippen molar-refractivity contribution >= 4 is 40.6 Å². The molecule has 9 heteroatoms. The summed E-state index contributed by atoms with van der Waals surface area (Å²) in [5.41, 5.74) is 0.924. The molecule has 1 saturated heterocycles. The largest absolute Gasteiger partial charge is 0.497 e. The molecule has 0 bridgehead atoms. The number of thioether (sulfide) groups is 1. The Bertz CT molecular complexity index is 991. The number of carbonyl (C=O) groups excluding carboxylic acids is 3. The van der Waals surface area contributed by atoms with Crippen LogP contribution in [0.5, 0.6) is 11.5 Å². The van der Waals surface area contributed by atoms with Gasteiger partial charge in [0.05, 0.1) is 19.1 Å². The van der Waals surface area contributed by atoms with Gasteiger partial charge in [-0.15, -0.1) is 0 Å². The van der Waals surface area contributed by atoms with Crippen molar-refractivity contribution in [3.8, 4) is 11.5 Å². The number of ether oxygens (including phenoxy) is 2. The number of hydrogen-bond acceptors (Lipinski definition) is 6. The van der Waals surface area contributed by atoms with Crippen molar-refractivity contribution in [3.63, 3.8) is 0 Å². The number of nitrogens with one attached hydrogen (secondary N) is 1. The van der Waals surface area contributed by atoms with E-state index in [2.05, 4.69) is 5.32 Å². The average molecular weight is 416 g/mol. The van der Waals surface area contributed by atoms with E-state index in [4.69, 9.17) is 9.47 Å². The molecule has 0 aliphatic carbocycles. The SMILES string of the molecule is COc1ccc(OC)c(/C=C2\SC(=O)N(CC(=O)Nc3ccc(F)cc3)C2=O)c1. The fraction of sp³-hybridized carbons (Fsp3) is 0.150. The van der Waals surface area contributed by atoms with E-state index in [0.717, 1.165) is 16.7 Å². The topological polar surface area (TPSA) is 84.9 Å². The van der Waals surface area contributed by atoms with Crippen molar-refractivity contribution in [1.82, 2.24) is 4.90 Å². The Morgan fingerprint density at radius 3 is 2.52 bits per heavy atom. The number of carbonyl (C=O) groups is 3. The first-order chi connectivity index (χ1) is 13.9. The summed E-state index contributed by atoms with van der Waals surface area (Å²) in [7, 11) is 3.00. The highest BCUT2D eigenvalue weighted by atomic mass is 32.2. The Kier molecular flexibility index (Phi) is 6.18. The minimum atomic E-state index is -0.584. The maximum Gasteiger partial charge on any atom is 0.294 e. The molecule has 0 unspecified atom stereocenters. The van der Waals surface area contributed by atoms with Gasteiger partial charge in [0.25, 0.3) is 11.1 Å². The van der Waals surface area contributed by atoms with Crippen LogP contribution in [0.15, 0.2) is 47.4 Å². The molecule has 1 heterocycles. The van der Waals surface area contributed by atoms with Crippen LogP contribution in [0.1, 0.15) is 5.56 Å². The average Bonchev–Trinajstić information content (AvgIpc) is 2.97. The highest BCUT2D eigenvalue weighted by Gasteiger charge is 2.36. The highest BCUT2D eigenvalue weighted by molar-refractivity contribution is 8.18. The molecule has 0 spiro atoms. The van der Waals surface area contributed by atoms with Crippen molar-refractivity contribution in [2.45, 2.75) is 0 Å². The summed E-state index contributed by atoms with van der Waals surface area (Å²) < 4.78 is 23.4. The number of imide groups is 1. The van der Waals surface area contributed by atoms with Crippen molar-refractivity contribution in [2.75, 3.05) is 26.1 Å². The number of hydrogen-bond donors (Lipinski definition) is 1. The van der Waals surface area contributed by atoms with Crippen molar-refractivity contribution in [1.29, 1.82) is 0 Å². The van der Waals surface area contributed by atoms with Gasteiger partial charge >= 0.3 is 0 Å². The van der Waals surface area contributed by atoms with Gasteiger partial charge < -0.3 is 14.8 Å². The molecule has 0 atom stereocenters. The van der Waals surface area contributed by atoms with Crippen molar-refractivity contribution < 1.29 is 28.2 Å². The molecule has 3 rings (SSSR count). The van der Waals surface area contributed by atoms with Gasteiger partial charge in [-0.2, -0.15) is 0 Å². The summed E-state index contributed by atoms with van der Waals surface area (Å²) in [4.78, 5) is 38.0. The normalized spacial score (nSPS) is 15.0. The van der Waals surface area contributed by atoms with Gasteiger partial charge in [0, 0.05) is 11.3 Å². The zero-order valence-electron chi connectivity index (χ0n) is 15.6. The minimum absolute atomic E-state index is 0.163. The highest BCUT2D eigenvalue weighted by Crippen LogP contribution is 2.35. The number of halogens is 1. The standard InChI is InChI=1S/C20H17FN2O5S/c1-27-15-7-8-16(28-2)12(9-15)10-17-19(25)23(20(26)29-17)11-18(24)22-14-5-3-13(21)4-6-14/h3-10H,11H2,1-2H3,(H,22,24)/b17-10-. The van der Waals surface area contributed by atoms with E-state index in [0.29, 0.717) is 22.7 Å². The molecule has 29 heavy (non-hydrogen) atoms. The van der Waals surface area contributed by atoms with E-state index in [1.807, 2.05) is 0 Å². The Labute approximate surface area is 170 Å². The number of anilines is 1. The molecule has 0 radical (unpaired) electrons. The summed E-state index contributed by atoms with van der Waals surface area (Å²) in [6.45, 7) is -0.450. The van der Waals surface area contributed by atoms with E-state index < -0.39 is 29.4 Å². The van der Waals surface area contributed by atoms with Gasteiger partial charge in [-0.1, -0.05) is 0 Å². The molecule has 0 saturated carbocycles. The molecule has 1 fully saturated rings. The minimum Gasteiger partial charge on any atom is -0.497 e. The van der Waals surface area contributed by atoms with Crippen LogP contribution >= 0.6 is 11.8 Å². The lowest BCUT2D eigenvalue weighted by atomic mass is 10.1. The summed E-state index contributed by atoms with van der Waals surface area (Å²) in [5.74, 6) is -0.521. The van der Waals surface area contributed by atoms with Crippen LogP contribution in [0, 0.1) is 5.82 Å². The summed E-state index contributed by atoms with van der Waals surface area (Å²) in [6.07, 6.45) is 1.52. The fourth-order valence-corrected chi connectivity index (χ4v) is 3.44. The molecule has 2 aromatic carbocycles. The van der Waals surface area contributed by atoms with Crippen LogP contribution < -0.4 is 14.8 Å².